The molecular weight excluding hydrogens is 324 g/mol. The first-order valence-corrected chi connectivity index (χ1v) is 10.3. The van der Waals surface area contributed by atoms with Gasteiger partial charge in [0, 0.05) is 5.92 Å². The molecule has 0 saturated heterocycles. The molecule has 0 saturated carbocycles. The molecular formula is C27H24. The highest BCUT2D eigenvalue weighted by Crippen LogP contribution is 2.54. The summed E-state index contributed by atoms with van der Waals surface area (Å²) in [6.07, 6.45) is 3.87. The number of rotatable bonds is 0. The molecule has 6 rings (SSSR count). The molecule has 3 atom stereocenters. The molecule has 0 aliphatic heterocycles. The standard InChI is InChI=1S/C27H24/c1-17-16-21-13-12-20-11-10-18-6-2-4-8-23(18)25(20)26(21)27-22(17)15-14-19-7-3-5-9-24(19)27/h2-11,14-15,17,21,26H,12-13,16H2,1H3/t17-,21-,26+/m0/s1. The van der Waals surface area contributed by atoms with E-state index in [2.05, 4.69) is 79.7 Å². The van der Waals surface area contributed by atoms with E-state index in [0.717, 1.165) is 5.92 Å². The maximum Gasteiger partial charge on any atom is 0.0136 e. The second-order valence-electron chi connectivity index (χ2n) is 8.56. The van der Waals surface area contributed by atoms with Gasteiger partial charge in [-0.15, -0.1) is 0 Å². The van der Waals surface area contributed by atoms with E-state index < -0.39 is 0 Å². The van der Waals surface area contributed by atoms with E-state index in [1.54, 1.807) is 22.3 Å². The van der Waals surface area contributed by atoms with Crippen LogP contribution < -0.4 is 0 Å². The minimum atomic E-state index is 0.539. The monoisotopic (exact) mass is 348 g/mol. The first kappa shape index (κ1) is 15.5. The lowest BCUT2D eigenvalue weighted by Crippen LogP contribution is -2.29. The van der Waals surface area contributed by atoms with E-state index in [1.165, 1.54) is 40.8 Å². The first-order valence-electron chi connectivity index (χ1n) is 10.3. The highest BCUT2D eigenvalue weighted by Gasteiger charge is 2.39. The number of hydrogen-bond donors (Lipinski definition) is 0. The minimum absolute atomic E-state index is 0.539. The molecule has 0 bridgehead atoms. The van der Waals surface area contributed by atoms with Crippen LogP contribution in [-0.4, -0.2) is 0 Å². The zero-order valence-corrected chi connectivity index (χ0v) is 15.8. The second kappa shape index (κ2) is 5.70. The van der Waals surface area contributed by atoms with Crippen LogP contribution in [0.5, 0.6) is 0 Å². The summed E-state index contributed by atoms with van der Waals surface area (Å²) in [5, 5.41) is 5.71. The lowest BCUT2D eigenvalue weighted by molar-refractivity contribution is 0.339. The molecule has 0 amide bonds. The number of fused-ring (bicyclic) bond motifs is 9. The molecule has 4 aromatic rings. The van der Waals surface area contributed by atoms with Crippen LogP contribution in [0.15, 0.2) is 72.8 Å². The van der Waals surface area contributed by atoms with Gasteiger partial charge < -0.3 is 0 Å². The molecule has 0 heteroatoms. The lowest BCUT2D eigenvalue weighted by Gasteiger charge is -2.42. The van der Waals surface area contributed by atoms with Gasteiger partial charge in [-0.25, -0.2) is 0 Å². The van der Waals surface area contributed by atoms with Crippen LogP contribution in [0.2, 0.25) is 0 Å². The maximum atomic E-state index is 2.43. The summed E-state index contributed by atoms with van der Waals surface area (Å²) < 4.78 is 0. The average Bonchev–Trinajstić information content (AvgIpc) is 2.73. The van der Waals surface area contributed by atoms with Crippen LogP contribution >= 0.6 is 0 Å². The molecule has 0 radical (unpaired) electrons. The van der Waals surface area contributed by atoms with Gasteiger partial charge in [0.05, 0.1) is 0 Å². The van der Waals surface area contributed by atoms with E-state index in [9.17, 15) is 0 Å². The van der Waals surface area contributed by atoms with Crippen molar-refractivity contribution in [2.75, 3.05) is 0 Å². The van der Waals surface area contributed by atoms with Gasteiger partial charge in [-0.2, -0.15) is 0 Å². The Morgan fingerprint density at radius 1 is 0.704 bits per heavy atom. The van der Waals surface area contributed by atoms with E-state index in [4.69, 9.17) is 0 Å². The molecule has 4 aromatic carbocycles. The van der Waals surface area contributed by atoms with Gasteiger partial charge in [-0.1, -0.05) is 79.7 Å². The second-order valence-corrected chi connectivity index (χ2v) is 8.56. The summed E-state index contributed by atoms with van der Waals surface area (Å²) in [7, 11) is 0. The van der Waals surface area contributed by atoms with Crippen LogP contribution in [0.3, 0.4) is 0 Å². The molecule has 0 heterocycles. The Balaban J connectivity index is 1.73. The van der Waals surface area contributed by atoms with Crippen LogP contribution in [0.1, 0.15) is 53.9 Å². The molecule has 0 aromatic heterocycles. The van der Waals surface area contributed by atoms with Crippen LogP contribution in [0.25, 0.3) is 21.5 Å². The Morgan fingerprint density at radius 2 is 1.37 bits per heavy atom. The Morgan fingerprint density at radius 3 is 2.15 bits per heavy atom. The highest BCUT2D eigenvalue weighted by atomic mass is 14.4. The molecule has 2 aliphatic carbocycles. The predicted molar refractivity (Wildman–Crippen MR) is 115 cm³/mol. The zero-order valence-electron chi connectivity index (χ0n) is 15.8. The highest BCUT2D eigenvalue weighted by molar-refractivity contribution is 5.92. The summed E-state index contributed by atoms with van der Waals surface area (Å²) in [5.41, 5.74) is 6.39. The van der Waals surface area contributed by atoms with Crippen molar-refractivity contribution in [3.8, 4) is 0 Å². The van der Waals surface area contributed by atoms with Gasteiger partial charge in [-0.05, 0) is 74.9 Å². The van der Waals surface area contributed by atoms with E-state index in [0.29, 0.717) is 11.8 Å². The van der Waals surface area contributed by atoms with Gasteiger partial charge in [0.2, 0.25) is 0 Å². The quantitative estimate of drug-likeness (QED) is 0.315. The Hall–Kier alpha value is -2.60. The van der Waals surface area contributed by atoms with E-state index in [-0.39, 0.29) is 0 Å². The average molecular weight is 348 g/mol. The zero-order chi connectivity index (χ0) is 18.0. The summed E-state index contributed by atoms with van der Waals surface area (Å²) in [4.78, 5) is 0. The fourth-order valence-electron chi connectivity index (χ4n) is 5.97. The van der Waals surface area contributed by atoms with Gasteiger partial charge in [-0.3, -0.25) is 0 Å². The first-order chi connectivity index (χ1) is 13.3. The number of benzene rings is 4. The van der Waals surface area contributed by atoms with Crippen LogP contribution in [-0.2, 0) is 6.42 Å². The van der Waals surface area contributed by atoms with Crippen molar-refractivity contribution in [1.82, 2.24) is 0 Å². The van der Waals surface area contributed by atoms with Gasteiger partial charge in [0.25, 0.3) is 0 Å². The number of aryl methyl sites for hydroxylation is 1. The molecule has 0 unspecified atom stereocenters. The van der Waals surface area contributed by atoms with Crippen molar-refractivity contribution < 1.29 is 0 Å². The normalized spacial score (nSPS) is 23.7. The van der Waals surface area contributed by atoms with E-state index in [1.807, 2.05) is 0 Å². The molecule has 27 heavy (non-hydrogen) atoms. The third-order valence-corrected chi connectivity index (χ3v) is 7.13. The van der Waals surface area contributed by atoms with Crippen molar-refractivity contribution in [2.24, 2.45) is 5.92 Å². The molecule has 0 N–H and O–H groups in total. The van der Waals surface area contributed by atoms with Crippen LogP contribution in [0.4, 0.5) is 0 Å². The predicted octanol–water partition coefficient (Wildman–Crippen LogP) is 7.19. The third-order valence-electron chi connectivity index (χ3n) is 7.13. The van der Waals surface area contributed by atoms with Gasteiger partial charge in [0.15, 0.2) is 0 Å². The molecule has 0 spiro atoms. The Labute approximate surface area is 160 Å². The van der Waals surface area contributed by atoms with Crippen molar-refractivity contribution in [3.05, 3.63) is 95.1 Å². The van der Waals surface area contributed by atoms with Crippen molar-refractivity contribution in [2.45, 2.75) is 38.0 Å². The summed E-state index contributed by atoms with van der Waals surface area (Å²) >= 11 is 0. The largest absolute Gasteiger partial charge is 0.0616 e. The fraction of sp³-hybridized carbons (Fsp3) is 0.259. The van der Waals surface area contributed by atoms with Crippen molar-refractivity contribution in [1.29, 1.82) is 0 Å². The summed E-state index contributed by atoms with van der Waals surface area (Å²) in [6, 6.07) is 27.5. The molecule has 132 valence electrons. The summed E-state index contributed by atoms with van der Waals surface area (Å²) in [6.45, 7) is 2.43. The van der Waals surface area contributed by atoms with Crippen molar-refractivity contribution >= 4 is 21.5 Å². The Bertz CT molecular complexity index is 1180. The smallest absolute Gasteiger partial charge is 0.0136 e. The van der Waals surface area contributed by atoms with Gasteiger partial charge >= 0.3 is 0 Å². The van der Waals surface area contributed by atoms with Crippen LogP contribution in [0, 0.1) is 5.92 Å². The fourth-order valence-corrected chi connectivity index (χ4v) is 5.97. The summed E-state index contributed by atoms with van der Waals surface area (Å²) in [5.74, 6) is 1.95. The molecule has 0 nitrogen and oxygen atoms in total. The number of hydrogen-bond acceptors (Lipinski definition) is 0. The SMILES string of the molecule is C[C@H]1C[C@@H]2CCc3ccc4ccccc4c3[C@@H]2c2c1ccc1ccccc21. The van der Waals surface area contributed by atoms with E-state index >= 15 is 0 Å². The maximum absolute atomic E-state index is 2.43. The van der Waals surface area contributed by atoms with Gasteiger partial charge in [0.1, 0.15) is 0 Å². The topological polar surface area (TPSA) is 0 Å². The third kappa shape index (κ3) is 2.16. The van der Waals surface area contributed by atoms with Crippen molar-refractivity contribution in [3.63, 3.8) is 0 Å². The lowest BCUT2D eigenvalue weighted by atomic mass is 9.61. The Kier molecular flexibility index (Phi) is 3.26. The molecule has 2 aliphatic rings. The minimum Gasteiger partial charge on any atom is -0.0616 e. The molecule has 0 fully saturated rings.